The maximum absolute atomic E-state index is 16.0. The Balaban J connectivity index is 1.09. The molecule has 8 atom stereocenters. The molecule has 4 saturated heterocycles. The van der Waals surface area contributed by atoms with Crippen LogP contribution in [-0.4, -0.2) is 153 Å². The van der Waals surface area contributed by atoms with Crippen LogP contribution in [0.2, 0.25) is 0 Å². The maximum atomic E-state index is 16.0. The van der Waals surface area contributed by atoms with Crippen LogP contribution in [0.25, 0.3) is 0 Å². The maximum Gasteiger partial charge on any atom is 0.322 e. The number of methoxy groups -OCH3 is 4. The Bertz CT molecular complexity index is 2750. The molecule has 8 unspecified atom stereocenters. The fraction of sp³-hybridized carbons (Fsp3) is 0.368. The predicted molar refractivity (Wildman–Crippen MR) is 273 cm³/mol. The van der Waals surface area contributed by atoms with Gasteiger partial charge in [0.2, 0.25) is 0 Å². The van der Waals surface area contributed by atoms with Gasteiger partial charge in [0.1, 0.15) is 0 Å². The number of pyridine rings is 6. The van der Waals surface area contributed by atoms with Crippen molar-refractivity contribution in [3.63, 3.8) is 0 Å². The van der Waals surface area contributed by atoms with Crippen LogP contribution in [0.3, 0.4) is 0 Å². The third-order valence-corrected chi connectivity index (χ3v) is 15.9. The molecule has 6 aromatic heterocycles. The van der Waals surface area contributed by atoms with E-state index < -0.39 is 81.3 Å². The van der Waals surface area contributed by atoms with Gasteiger partial charge in [0, 0.05) is 76.4 Å². The minimum absolute atomic E-state index is 0.0595. The van der Waals surface area contributed by atoms with Crippen LogP contribution in [0.1, 0.15) is 64.8 Å². The van der Waals surface area contributed by atoms with Gasteiger partial charge in [-0.2, -0.15) is 0 Å². The van der Waals surface area contributed by atoms with Gasteiger partial charge >= 0.3 is 23.9 Å². The van der Waals surface area contributed by atoms with E-state index in [9.17, 15) is 0 Å². The molecule has 0 radical (unpaired) electrons. The molecule has 0 N–H and O–H groups in total. The van der Waals surface area contributed by atoms with Crippen LogP contribution in [0.15, 0.2) is 146 Å². The van der Waals surface area contributed by atoms with Crippen molar-refractivity contribution in [2.45, 2.75) is 43.7 Å². The van der Waals surface area contributed by atoms with Crippen LogP contribution in [-0.2, 0) is 60.8 Å². The molecule has 4 aliphatic rings. The van der Waals surface area contributed by atoms with Crippen molar-refractivity contribution >= 4 is 35.4 Å². The second kappa shape index (κ2) is 21.5. The number of ketones is 2. The van der Waals surface area contributed by atoms with Crippen molar-refractivity contribution < 1.29 is 47.7 Å². The summed E-state index contributed by atoms with van der Waals surface area (Å²) in [6, 6.07) is 27.3. The summed E-state index contributed by atoms with van der Waals surface area (Å²) in [6.07, 6.45) is 9.87. The highest BCUT2D eigenvalue weighted by atomic mass is 16.5. The smallest absolute Gasteiger partial charge is 0.322 e. The first-order valence-electron chi connectivity index (χ1n) is 25.3. The van der Waals surface area contributed by atoms with E-state index >= 15 is 28.8 Å². The van der Waals surface area contributed by atoms with Gasteiger partial charge in [-0.15, -0.1) is 0 Å². The monoisotopic (exact) mass is 1040 g/mol. The quantitative estimate of drug-likeness (QED) is 0.0753. The number of aromatic nitrogens is 6. The van der Waals surface area contributed by atoms with Crippen LogP contribution in [0.4, 0.5) is 0 Å². The minimum Gasteiger partial charge on any atom is -0.468 e. The van der Waals surface area contributed by atoms with Gasteiger partial charge < -0.3 is 18.9 Å². The van der Waals surface area contributed by atoms with Crippen molar-refractivity contribution in [1.82, 2.24) is 49.5 Å². The number of esters is 4. The molecule has 4 aliphatic heterocycles. The molecule has 396 valence electrons. The molecular formula is C57H58N10O10. The number of fused-ring (bicyclic) bond motifs is 4. The third-order valence-electron chi connectivity index (χ3n) is 15.9. The number of carbonyl (C=O) groups excluding carboxylic acids is 6. The molecule has 10 rings (SSSR count). The molecule has 6 aromatic rings. The normalized spacial score (nSPS) is 27.5. The summed E-state index contributed by atoms with van der Waals surface area (Å²) in [5.74, 6) is -4.88. The van der Waals surface area contributed by atoms with E-state index in [0.717, 1.165) is 0 Å². The number of Topliss-reactive ketones (excluding diaryl/α,β-unsaturated/α-hetero) is 2. The minimum atomic E-state index is -2.09. The highest BCUT2D eigenvalue weighted by Crippen LogP contribution is 2.63. The fourth-order valence-electron chi connectivity index (χ4n) is 13.1. The molecule has 20 nitrogen and oxygen atoms in total. The third kappa shape index (κ3) is 8.55. The lowest BCUT2D eigenvalue weighted by Crippen LogP contribution is -2.76. The summed E-state index contributed by atoms with van der Waals surface area (Å²) >= 11 is 0. The van der Waals surface area contributed by atoms with Gasteiger partial charge in [-0.3, -0.25) is 78.3 Å². The Morgan fingerprint density at radius 3 is 0.896 bits per heavy atom. The van der Waals surface area contributed by atoms with E-state index in [1.807, 2.05) is 43.9 Å². The lowest BCUT2D eigenvalue weighted by molar-refractivity contribution is -0.207. The van der Waals surface area contributed by atoms with Gasteiger partial charge in [0.05, 0.1) is 86.8 Å². The van der Waals surface area contributed by atoms with Gasteiger partial charge in [-0.25, -0.2) is 0 Å². The molecule has 4 bridgehead atoms. The molecule has 0 amide bonds. The molecule has 0 spiro atoms. The molecule has 0 aliphatic carbocycles. The number of ether oxygens (including phenoxy) is 4. The number of carbonyl (C=O) groups is 6. The lowest BCUT2D eigenvalue weighted by atomic mass is 9.54. The van der Waals surface area contributed by atoms with Crippen molar-refractivity contribution in [3.05, 3.63) is 181 Å². The first kappa shape index (κ1) is 52.4. The van der Waals surface area contributed by atoms with Crippen molar-refractivity contribution in [2.75, 3.05) is 67.7 Å². The summed E-state index contributed by atoms with van der Waals surface area (Å²) < 4.78 is 22.6. The highest BCUT2D eigenvalue weighted by Gasteiger charge is 2.77. The summed E-state index contributed by atoms with van der Waals surface area (Å²) in [4.78, 5) is 128. The molecular weight excluding hydrogens is 985 g/mol. The topological polar surface area (TPSA) is 230 Å². The second-order valence-electron chi connectivity index (χ2n) is 19.9. The van der Waals surface area contributed by atoms with E-state index in [4.69, 9.17) is 38.9 Å². The summed E-state index contributed by atoms with van der Waals surface area (Å²) in [5.41, 5.74) is -5.68. The van der Waals surface area contributed by atoms with Crippen LogP contribution in [0.5, 0.6) is 0 Å². The van der Waals surface area contributed by atoms with Crippen LogP contribution in [0, 0.1) is 21.7 Å². The summed E-state index contributed by atoms with van der Waals surface area (Å²) in [6.45, 7) is -0.440. The van der Waals surface area contributed by atoms with Crippen LogP contribution < -0.4 is 0 Å². The Morgan fingerprint density at radius 2 is 0.675 bits per heavy atom. The first-order valence-corrected chi connectivity index (χ1v) is 25.3. The zero-order valence-corrected chi connectivity index (χ0v) is 43.1. The average Bonchev–Trinajstić information content (AvgIpc) is 2.88. The van der Waals surface area contributed by atoms with Crippen LogP contribution >= 0.6 is 0 Å². The zero-order valence-electron chi connectivity index (χ0n) is 43.1. The Hall–Kier alpha value is -8.04. The summed E-state index contributed by atoms with van der Waals surface area (Å²) in [5, 5.41) is 0. The highest BCUT2D eigenvalue weighted by molar-refractivity contribution is 6.18. The molecule has 0 saturated carbocycles. The average molecular weight is 1040 g/mol. The van der Waals surface area contributed by atoms with Gasteiger partial charge in [-0.05, 0) is 92.3 Å². The predicted octanol–water partition coefficient (Wildman–Crippen LogP) is 4.15. The fourth-order valence-corrected chi connectivity index (χ4v) is 13.1. The van der Waals surface area contributed by atoms with E-state index in [2.05, 4.69) is 9.97 Å². The molecule has 77 heavy (non-hydrogen) atoms. The number of hydrogen-bond donors (Lipinski definition) is 0. The number of rotatable bonds is 16. The molecule has 10 heterocycles. The number of likely N-dealkylation sites (tertiary alicyclic amines) is 4. The van der Waals surface area contributed by atoms with E-state index in [1.54, 1.807) is 122 Å². The molecule has 4 fully saturated rings. The molecule has 20 heteroatoms. The van der Waals surface area contributed by atoms with Gasteiger partial charge in [0.25, 0.3) is 0 Å². The SMILES string of the molecule is COC(=O)C12CN(CCCN3CC4(C(=O)OC)C(=O)C(C(=O)OC)(C3)C(c3ccccn3)N(Cc3ccccn3)C4c3ccccn3)CC(C(=O)OC)(C1=O)C(c1ccccn1)N(Cc1ccccn1)C2c1ccccn1. The summed E-state index contributed by atoms with van der Waals surface area (Å²) in [7, 11) is 4.85. The Morgan fingerprint density at radius 1 is 0.416 bits per heavy atom. The first-order chi connectivity index (χ1) is 37.5. The van der Waals surface area contributed by atoms with Crippen molar-refractivity contribution in [2.24, 2.45) is 21.7 Å². The number of piperidine rings is 4. The van der Waals surface area contributed by atoms with E-state index in [0.29, 0.717) is 34.2 Å². The standard InChI is InChI=1S/C57H58N10O10/c1-74-50(70)54-34-64(35-55(48(54)68,51(71)75-2)45(41-21-8-14-27-61-41)66(32-38-18-5-11-24-58-38)44(54)40-20-7-13-26-60-40)30-17-31-65-36-56(52(72)76-3)46(42-22-9-15-28-62-42)67(33-39-19-6-12-25-59-39)47(43-23-10-16-29-63-43)57(37-65,49(56)69)53(73)77-4/h5-16,18-29,44-47H,17,30-37H2,1-4H3. The Labute approximate surface area is 444 Å². The second-order valence-corrected chi connectivity index (χ2v) is 19.9. The largest absolute Gasteiger partial charge is 0.468 e. The lowest BCUT2D eigenvalue weighted by Gasteiger charge is -2.61. The van der Waals surface area contributed by atoms with E-state index in [1.165, 1.54) is 28.4 Å². The zero-order chi connectivity index (χ0) is 54.0. The van der Waals surface area contributed by atoms with Gasteiger partial charge in [0.15, 0.2) is 33.2 Å². The van der Waals surface area contributed by atoms with Gasteiger partial charge in [-0.1, -0.05) is 36.4 Å². The molecule has 0 aromatic carbocycles. The number of hydrogen-bond acceptors (Lipinski definition) is 20. The van der Waals surface area contributed by atoms with E-state index in [-0.39, 0.29) is 58.8 Å². The Kier molecular flexibility index (Phi) is 14.7. The number of nitrogens with zero attached hydrogens (tertiary/aromatic N) is 10. The van der Waals surface area contributed by atoms with Crippen molar-refractivity contribution in [3.8, 4) is 0 Å². The van der Waals surface area contributed by atoms with Crippen molar-refractivity contribution in [1.29, 1.82) is 0 Å².